The zero-order valence-electron chi connectivity index (χ0n) is 7.68. The summed E-state index contributed by atoms with van der Waals surface area (Å²) in [7, 11) is 0. The van der Waals surface area contributed by atoms with Crippen LogP contribution in [0, 0.1) is 13.8 Å². The lowest BCUT2D eigenvalue weighted by Crippen LogP contribution is -1.94. The molecule has 0 nitrogen and oxygen atoms in total. The Morgan fingerprint density at radius 3 is 2.54 bits per heavy atom. The molecule has 3 heteroatoms. The van der Waals surface area contributed by atoms with Gasteiger partial charge >= 0.3 is 0 Å². The molecule has 1 aromatic rings. The zero-order chi connectivity index (χ0) is 9.84. The smallest absolute Gasteiger partial charge is 0.210 e. The van der Waals surface area contributed by atoms with Gasteiger partial charge in [0.25, 0.3) is 0 Å². The Morgan fingerprint density at radius 1 is 1.31 bits per heavy atom. The molecule has 0 spiro atoms. The summed E-state index contributed by atoms with van der Waals surface area (Å²) < 4.78 is 23.8. The van der Waals surface area contributed by atoms with Crippen LogP contribution < -0.4 is 0 Å². The van der Waals surface area contributed by atoms with Crippen LogP contribution in [0.2, 0.25) is 0 Å². The van der Waals surface area contributed by atoms with Crippen LogP contribution in [0.5, 0.6) is 0 Å². The molecular weight excluding hydrogens is 190 g/mol. The van der Waals surface area contributed by atoms with Gasteiger partial charge in [-0.3, -0.25) is 0 Å². The molecule has 0 saturated carbocycles. The molecule has 0 aliphatic heterocycles. The van der Waals surface area contributed by atoms with E-state index in [2.05, 4.69) is 0 Å². The van der Waals surface area contributed by atoms with Crippen LogP contribution in [0.3, 0.4) is 0 Å². The molecule has 0 amide bonds. The van der Waals surface area contributed by atoms with Gasteiger partial charge in [-0.15, -0.1) is 11.8 Å². The van der Waals surface area contributed by atoms with Crippen LogP contribution in [0.4, 0.5) is 8.78 Å². The minimum Gasteiger partial charge on any atom is -0.210 e. The molecule has 13 heavy (non-hydrogen) atoms. The van der Waals surface area contributed by atoms with Gasteiger partial charge in [0.1, 0.15) is 0 Å². The monoisotopic (exact) mass is 202 g/mol. The highest BCUT2D eigenvalue weighted by Gasteiger charge is 2.05. The summed E-state index contributed by atoms with van der Waals surface area (Å²) in [5.41, 5.74) is 2.24. The van der Waals surface area contributed by atoms with E-state index in [9.17, 15) is 8.78 Å². The van der Waals surface area contributed by atoms with Crippen LogP contribution in [0.1, 0.15) is 11.1 Å². The second-order valence-electron chi connectivity index (χ2n) is 2.97. The molecular formula is C10H12F2S. The molecule has 0 unspecified atom stereocenters. The molecule has 0 radical (unpaired) electrons. The average Bonchev–Trinajstić information content (AvgIpc) is 2.02. The van der Waals surface area contributed by atoms with Crippen molar-refractivity contribution in [3.63, 3.8) is 0 Å². The lowest BCUT2D eigenvalue weighted by molar-refractivity contribution is 0.177. The van der Waals surface area contributed by atoms with Gasteiger partial charge in [0.05, 0.1) is 5.75 Å². The fourth-order valence-corrected chi connectivity index (χ4v) is 1.87. The van der Waals surface area contributed by atoms with E-state index in [-0.39, 0.29) is 5.75 Å². The second kappa shape index (κ2) is 4.61. The highest BCUT2D eigenvalue weighted by molar-refractivity contribution is 7.99. The molecule has 1 aromatic carbocycles. The maximum absolute atomic E-state index is 11.9. The Balaban J connectivity index is 2.67. The molecule has 0 aliphatic rings. The first kappa shape index (κ1) is 10.5. The first-order valence-electron chi connectivity index (χ1n) is 4.08. The Bertz CT molecular complexity index is 284. The molecule has 0 bridgehead atoms. The summed E-state index contributed by atoms with van der Waals surface area (Å²) in [5.74, 6) is -0.121. The van der Waals surface area contributed by atoms with Gasteiger partial charge < -0.3 is 0 Å². The van der Waals surface area contributed by atoms with Gasteiger partial charge in [0.15, 0.2) is 0 Å². The van der Waals surface area contributed by atoms with E-state index < -0.39 is 6.43 Å². The van der Waals surface area contributed by atoms with Gasteiger partial charge in [-0.2, -0.15) is 0 Å². The van der Waals surface area contributed by atoms with Gasteiger partial charge in [-0.1, -0.05) is 17.7 Å². The number of thioether (sulfide) groups is 1. The number of benzene rings is 1. The van der Waals surface area contributed by atoms with Crippen LogP contribution in [0.15, 0.2) is 23.1 Å². The molecule has 1 rings (SSSR count). The fraction of sp³-hybridized carbons (Fsp3) is 0.400. The molecule has 0 atom stereocenters. The predicted octanol–water partition coefficient (Wildman–Crippen LogP) is 3.66. The third kappa shape index (κ3) is 3.35. The number of hydrogen-bond donors (Lipinski definition) is 0. The number of halogens is 2. The van der Waals surface area contributed by atoms with Crippen molar-refractivity contribution in [2.45, 2.75) is 25.2 Å². The molecule has 0 aromatic heterocycles. The number of aryl methyl sites for hydroxylation is 2. The van der Waals surface area contributed by atoms with Crippen molar-refractivity contribution in [3.05, 3.63) is 29.3 Å². The highest BCUT2D eigenvalue weighted by atomic mass is 32.2. The van der Waals surface area contributed by atoms with E-state index in [4.69, 9.17) is 0 Å². The van der Waals surface area contributed by atoms with Gasteiger partial charge in [0, 0.05) is 4.90 Å². The number of rotatable bonds is 3. The van der Waals surface area contributed by atoms with E-state index in [1.54, 1.807) is 0 Å². The fourth-order valence-electron chi connectivity index (χ4n) is 1.11. The van der Waals surface area contributed by atoms with Crippen molar-refractivity contribution >= 4 is 11.8 Å². The normalized spacial score (nSPS) is 10.8. The van der Waals surface area contributed by atoms with E-state index in [1.807, 2.05) is 32.0 Å². The van der Waals surface area contributed by atoms with Gasteiger partial charge in [0.2, 0.25) is 6.43 Å². The molecule has 72 valence electrons. The zero-order valence-corrected chi connectivity index (χ0v) is 8.50. The average molecular weight is 202 g/mol. The third-order valence-electron chi connectivity index (χ3n) is 1.70. The third-order valence-corrected chi connectivity index (χ3v) is 2.88. The largest absolute Gasteiger partial charge is 0.247 e. The molecule has 0 N–H and O–H groups in total. The minimum absolute atomic E-state index is 0.121. The van der Waals surface area contributed by atoms with Crippen molar-refractivity contribution in [3.8, 4) is 0 Å². The quantitative estimate of drug-likeness (QED) is 0.674. The topological polar surface area (TPSA) is 0 Å². The maximum Gasteiger partial charge on any atom is 0.247 e. The van der Waals surface area contributed by atoms with Gasteiger partial charge in [-0.05, 0) is 25.5 Å². The summed E-state index contributed by atoms with van der Waals surface area (Å²) in [6, 6.07) is 5.85. The lowest BCUT2D eigenvalue weighted by Gasteiger charge is -2.05. The molecule has 0 saturated heterocycles. The van der Waals surface area contributed by atoms with Crippen molar-refractivity contribution in [2.24, 2.45) is 0 Å². The van der Waals surface area contributed by atoms with Crippen molar-refractivity contribution < 1.29 is 8.78 Å². The maximum atomic E-state index is 11.9. The molecule has 0 fully saturated rings. The summed E-state index contributed by atoms with van der Waals surface area (Å²) in [6.45, 7) is 3.94. The first-order valence-corrected chi connectivity index (χ1v) is 5.06. The minimum atomic E-state index is -2.23. The van der Waals surface area contributed by atoms with E-state index in [0.717, 1.165) is 10.5 Å². The number of alkyl halides is 2. The Kier molecular flexibility index (Phi) is 3.72. The van der Waals surface area contributed by atoms with E-state index in [1.165, 1.54) is 17.3 Å². The predicted molar refractivity (Wildman–Crippen MR) is 52.6 cm³/mol. The van der Waals surface area contributed by atoms with Crippen LogP contribution >= 0.6 is 11.8 Å². The number of hydrogen-bond acceptors (Lipinski definition) is 1. The first-order chi connectivity index (χ1) is 6.09. The Labute approximate surface area is 81.3 Å². The van der Waals surface area contributed by atoms with Gasteiger partial charge in [-0.25, -0.2) is 8.78 Å². The van der Waals surface area contributed by atoms with E-state index in [0.29, 0.717) is 0 Å². The second-order valence-corrected chi connectivity index (χ2v) is 4.03. The summed E-state index contributed by atoms with van der Waals surface area (Å²) in [4.78, 5) is 0.950. The Morgan fingerprint density at radius 2 is 2.00 bits per heavy atom. The van der Waals surface area contributed by atoms with Crippen LogP contribution in [0.25, 0.3) is 0 Å². The standard InChI is InChI=1S/C10H12F2S/c1-7-3-4-9(8(2)5-7)13-6-10(11)12/h3-5,10H,6H2,1-2H3. The van der Waals surface area contributed by atoms with Crippen molar-refractivity contribution in [1.29, 1.82) is 0 Å². The summed E-state index contributed by atoms with van der Waals surface area (Å²) in [6.07, 6.45) is -2.23. The van der Waals surface area contributed by atoms with Crippen molar-refractivity contribution in [1.82, 2.24) is 0 Å². The van der Waals surface area contributed by atoms with Crippen LogP contribution in [-0.4, -0.2) is 12.2 Å². The highest BCUT2D eigenvalue weighted by Crippen LogP contribution is 2.24. The molecule has 0 aliphatic carbocycles. The lowest BCUT2D eigenvalue weighted by atomic mass is 10.2. The summed E-state index contributed by atoms with van der Waals surface area (Å²) in [5, 5.41) is 0. The van der Waals surface area contributed by atoms with Crippen LogP contribution in [-0.2, 0) is 0 Å². The SMILES string of the molecule is Cc1ccc(SCC(F)F)c(C)c1. The van der Waals surface area contributed by atoms with E-state index >= 15 is 0 Å². The molecule has 0 heterocycles. The van der Waals surface area contributed by atoms with Crippen molar-refractivity contribution in [2.75, 3.05) is 5.75 Å². The summed E-state index contributed by atoms with van der Waals surface area (Å²) >= 11 is 1.21. The Hall–Kier alpha value is -0.570.